The van der Waals surface area contributed by atoms with Crippen molar-refractivity contribution in [3.8, 4) is 0 Å². The second-order valence-corrected chi connectivity index (χ2v) is 4.58. The zero-order valence-electron chi connectivity index (χ0n) is 10.4. The van der Waals surface area contributed by atoms with Crippen LogP contribution in [0.2, 0.25) is 0 Å². The molecule has 0 aliphatic carbocycles. The SMILES string of the molecule is CN1CC(Nc2ccc([N+](=O)[O-])cc2F)CCC1=O. The van der Waals surface area contributed by atoms with Crippen LogP contribution >= 0.6 is 0 Å². The molecule has 0 bridgehead atoms. The monoisotopic (exact) mass is 267 g/mol. The number of carbonyl (C=O) groups is 1. The van der Waals surface area contributed by atoms with Crippen LogP contribution in [0, 0.1) is 15.9 Å². The number of amides is 1. The summed E-state index contributed by atoms with van der Waals surface area (Å²) in [4.78, 5) is 22.8. The van der Waals surface area contributed by atoms with Gasteiger partial charge < -0.3 is 10.2 Å². The van der Waals surface area contributed by atoms with Crippen molar-refractivity contribution in [3.05, 3.63) is 34.1 Å². The van der Waals surface area contributed by atoms with E-state index in [1.165, 1.54) is 12.1 Å². The Morgan fingerprint density at radius 3 is 2.84 bits per heavy atom. The highest BCUT2D eigenvalue weighted by atomic mass is 19.1. The van der Waals surface area contributed by atoms with Crippen LogP contribution in [0.4, 0.5) is 15.8 Å². The van der Waals surface area contributed by atoms with Gasteiger partial charge in [0.1, 0.15) is 0 Å². The molecule has 0 saturated carbocycles. The van der Waals surface area contributed by atoms with E-state index in [2.05, 4.69) is 5.32 Å². The molecule has 0 radical (unpaired) electrons. The molecule has 102 valence electrons. The number of halogens is 1. The van der Waals surface area contributed by atoms with Crippen LogP contribution in [0.3, 0.4) is 0 Å². The molecular weight excluding hydrogens is 253 g/mol. The van der Waals surface area contributed by atoms with Gasteiger partial charge in [0.15, 0.2) is 5.82 Å². The number of likely N-dealkylation sites (N-methyl/N-ethyl adjacent to an activating group) is 1. The Balaban J connectivity index is 2.07. The summed E-state index contributed by atoms with van der Waals surface area (Å²) in [6, 6.07) is 3.45. The number of carbonyl (C=O) groups excluding carboxylic acids is 1. The number of hydrogen-bond acceptors (Lipinski definition) is 4. The number of nitro benzene ring substituents is 1. The average Bonchev–Trinajstić information content (AvgIpc) is 2.36. The van der Waals surface area contributed by atoms with Crippen LogP contribution in [0.15, 0.2) is 18.2 Å². The van der Waals surface area contributed by atoms with Gasteiger partial charge >= 0.3 is 0 Å². The summed E-state index contributed by atoms with van der Waals surface area (Å²) in [5.41, 5.74) is -0.0580. The summed E-state index contributed by atoms with van der Waals surface area (Å²) < 4.78 is 13.7. The number of benzene rings is 1. The number of nitro groups is 1. The minimum Gasteiger partial charge on any atom is -0.378 e. The van der Waals surface area contributed by atoms with E-state index in [0.717, 1.165) is 6.07 Å². The second kappa shape index (κ2) is 5.21. The van der Waals surface area contributed by atoms with Gasteiger partial charge in [0.25, 0.3) is 5.69 Å². The van der Waals surface area contributed by atoms with E-state index < -0.39 is 10.7 Å². The summed E-state index contributed by atoms with van der Waals surface area (Å²) in [5.74, 6) is -0.587. The van der Waals surface area contributed by atoms with Gasteiger partial charge in [-0.05, 0) is 12.5 Å². The number of likely N-dealkylation sites (tertiary alicyclic amines) is 1. The quantitative estimate of drug-likeness (QED) is 0.669. The van der Waals surface area contributed by atoms with Crippen LogP contribution in [0.5, 0.6) is 0 Å². The molecule has 1 unspecified atom stereocenters. The van der Waals surface area contributed by atoms with Crippen molar-refractivity contribution in [2.45, 2.75) is 18.9 Å². The Kier molecular flexibility index (Phi) is 3.64. The van der Waals surface area contributed by atoms with Crippen LogP contribution in [-0.2, 0) is 4.79 Å². The first-order chi connectivity index (χ1) is 8.97. The van der Waals surface area contributed by atoms with Gasteiger partial charge in [-0.25, -0.2) is 4.39 Å². The van der Waals surface area contributed by atoms with Crippen molar-refractivity contribution < 1.29 is 14.1 Å². The molecule has 1 saturated heterocycles. The molecule has 1 heterocycles. The van der Waals surface area contributed by atoms with Crippen molar-refractivity contribution in [2.75, 3.05) is 18.9 Å². The predicted molar refractivity (Wildman–Crippen MR) is 67.3 cm³/mol. The third kappa shape index (κ3) is 2.98. The Morgan fingerprint density at radius 1 is 1.53 bits per heavy atom. The Morgan fingerprint density at radius 2 is 2.26 bits per heavy atom. The number of rotatable bonds is 3. The minimum absolute atomic E-state index is 0.0429. The number of piperidine rings is 1. The lowest BCUT2D eigenvalue weighted by Gasteiger charge is -2.30. The maximum absolute atomic E-state index is 13.7. The normalized spacial score (nSPS) is 19.4. The summed E-state index contributed by atoms with van der Waals surface area (Å²) in [7, 11) is 1.70. The lowest BCUT2D eigenvalue weighted by molar-refractivity contribution is -0.385. The standard InChI is InChI=1S/C12H14FN3O3/c1-15-7-8(2-5-12(15)17)14-11-4-3-9(16(18)19)6-10(11)13/h3-4,6,8,14H,2,5,7H2,1H3. The molecule has 6 nitrogen and oxygen atoms in total. The number of nitrogens with zero attached hydrogens (tertiary/aromatic N) is 2. The Hall–Kier alpha value is -2.18. The summed E-state index contributed by atoms with van der Waals surface area (Å²) >= 11 is 0. The van der Waals surface area contributed by atoms with Gasteiger partial charge in [-0.2, -0.15) is 0 Å². The van der Waals surface area contributed by atoms with E-state index in [1.807, 2.05) is 0 Å². The van der Waals surface area contributed by atoms with Crippen LogP contribution in [0.25, 0.3) is 0 Å². The highest BCUT2D eigenvalue weighted by Gasteiger charge is 2.23. The fourth-order valence-electron chi connectivity index (χ4n) is 2.08. The highest BCUT2D eigenvalue weighted by molar-refractivity contribution is 5.77. The zero-order valence-corrected chi connectivity index (χ0v) is 10.4. The van der Waals surface area contributed by atoms with Crippen LogP contribution in [0.1, 0.15) is 12.8 Å². The Labute approximate surface area is 109 Å². The molecular formula is C12H14FN3O3. The molecule has 1 amide bonds. The first kappa shape index (κ1) is 13.3. The van der Waals surface area contributed by atoms with Gasteiger partial charge in [0, 0.05) is 32.1 Å². The van der Waals surface area contributed by atoms with Crippen LogP contribution in [-0.4, -0.2) is 35.4 Å². The van der Waals surface area contributed by atoms with Crippen LogP contribution < -0.4 is 5.32 Å². The van der Waals surface area contributed by atoms with Gasteiger partial charge in [-0.1, -0.05) is 0 Å². The first-order valence-corrected chi connectivity index (χ1v) is 5.92. The smallest absolute Gasteiger partial charge is 0.272 e. The summed E-state index contributed by atoms with van der Waals surface area (Å²) in [6.07, 6.45) is 1.04. The molecule has 1 aromatic carbocycles. The predicted octanol–water partition coefficient (Wildman–Crippen LogP) is 1.77. The summed E-state index contributed by atoms with van der Waals surface area (Å²) in [6.45, 7) is 0.495. The number of hydrogen-bond donors (Lipinski definition) is 1. The molecule has 7 heteroatoms. The van der Waals surface area contributed by atoms with Crippen molar-refractivity contribution >= 4 is 17.3 Å². The molecule has 19 heavy (non-hydrogen) atoms. The molecule has 1 atom stereocenters. The maximum Gasteiger partial charge on any atom is 0.272 e. The largest absolute Gasteiger partial charge is 0.378 e. The molecule has 1 aliphatic rings. The van der Waals surface area contributed by atoms with E-state index >= 15 is 0 Å². The van der Waals surface area contributed by atoms with E-state index in [9.17, 15) is 19.3 Å². The third-order valence-electron chi connectivity index (χ3n) is 3.15. The molecule has 0 spiro atoms. The molecule has 1 N–H and O–H groups in total. The van der Waals surface area contributed by atoms with Gasteiger partial charge in [0.2, 0.25) is 5.91 Å². The first-order valence-electron chi connectivity index (χ1n) is 5.92. The third-order valence-corrected chi connectivity index (χ3v) is 3.15. The fraction of sp³-hybridized carbons (Fsp3) is 0.417. The van der Waals surface area contributed by atoms with Crippen molar-refractivity contribution in [1.82, 2.24) is 4.90 Å². The van der Waals surface area contributed by atoms with Gasteiger partial charge in [-0.3, -0.25) is 14.9 Å². The van der Waals surface area contributed by atoms with Crippen molar-refractivity contribution in [2.24, 2.45) is 0 Å². The molecule has 1 aliphatic heterocycles. The molecule has 1 fully saturated rings. The lowest BCUT2D eigenvalue weighted by Crippen LogP contribution is -2.43. The van der Waals surface area contributed by atoms with Crippen molar-refractivity contribution in [1.29, 1.82) is 0 Å². The number of nitrogens with one attached hydrogen (secondary N) is 1. The Bertz CT molecular complexity index is 521. The molecule has 1 aromatic rings. The lowest BCUT2D eigenvalue weighted by atomic mass is 10.1. The maximum atomic E-state index is 13.7. The summed E-state index contributed by atoms with van der Waals surface area (Å²) in [5, 5.41) is 13.5. The average molecular weight is 267 g/mol. The topological polar surface area (TPSA) is 75.5 Å². The van der Waals surface area contributed by atoms with E-state index in [0.29, 0.717) is 19.4 Å². The molecule has 0 aromatic heterocycles. The fourth-order valence-corrected chi connectivity index (χ4v) is 2.08. The van der Waals surface area contributed by atoms with Crippen molar-refractivity contribution in [3.63, 3.8) is 0 Å². The zero-order chi connectivity index (χ0) is 14.0. The van der Waals surface area contributed by atoms with E-state index in [-0.39, 0.29) is 23.3 Å². The van der Waals surface area contributed by atoms with Gasteiger partial charge in [-0.15, -0.1) is 0 Å². The number of anilines is 1. The van der Waals surface area contributed by atoms with E-state index in [1.54, 1.807) is 11.9 Å². The minimum atomic E-state index is -0.659. The molecule has 2 rings (SSSR count). The second-order valence-electron chi connectivity index (χ2n) is 4.58. The number of non-ortho nitro benzene ring substituents is 1. The van der Waals surface area contributed by atoms with E-state index in [4.69, 9.17) is 0 Å². The van der Waals surface area contributed by atoms with Gasteiger partial charge in [0.05, 0.1) is 16.7 Å². The highest BCUT2D eigenvalue weighted by Crippen LogP contribution is 2.23.